The van der Waals surface area contributed by atoms with Gasteiger partial charge in [-0.3, -0.25) is 4.79 Å². The van der Waals surface area contributed by atoms with E-state index < -0.39 is 10.0 Å². The molecule has 0 aliphatic rings. The highest BCUT2D eigenvalue weighted by Crippen LogP contribution is 2.17. The van der Waals surface area contributed by atoms with E-state index in [0.29, 0.717) is 12.0 Å². The number of benzene rings is 1. The van der Waals surface area contributed by atoms with Gasteiger partial charge in [0, 0.05) is 24.4 Å². The van der Waals surface area contributed by atoms with Crippen LogP contribution in [0.1, 0.15) is 61.4 Å². The van der Waals surface area contributed by atoms with Crippen LogP contribution < -0.4 is 0 Å². The van der Waals surface area contributed by atoms with E-state index in [0.717, 1.165) is 28.8 Å². The Morgan fingerprint density at radius 1 is 1.00 bits per heavy atom. The number of hydrogen-bond donors (Lipinski definition) is 0. The molecule has 0 radical (unpaired) electrons. The minimum Gasteiger partial charge on any atom is -0.294 e. The first-order valence-corrected chi connectivity index (χ1v) is 9.92. The van der Waals surface area contributed by atoms with Crippen molar-refractivity contribution in [3.8, 4) is 0 Å². The van der Waals surface area contributed by atoms with E-state index in [1.807, 2.05) is 6.92 Å². The summed E-state index contributed by atoms with van der Waals surface area (Å²) in [4.78, 5) is 12.4. The second-order valence-corrected chi connectivity index (χ2v) is 7.98. The highest BCUT2D eigenvalue weighted by molar-refractivity contribution is 7.90. The van der Waals surface area contributed by atoms with Crippen molar-refractivity contribution in [1.29, 1.82) is 0 Å². The molecule has 2 aromatic rings. The summed E-state index contributed by atoms with van der Waals surface area (Å²) in [5.41, 5.74) is 1.46. The first kappa shape index (κ1) is 18.5. The van der Waals surface area contributed by atoms with Gasteiger partial charge in [0.05, 0.1) is 4.90 Å². The average molecular weight is 347 g/mol. The van der Waals surface area contributed by atoms with E-state index in [2.05, 4.69) is 6.92 Å². The van der Waals surface area contributed by atoms with Gasteiger partial charge < -0.3 is 0 Å². The average Bonchev–Trinajstić information content (AvgIpc) is 3.06. The summed E-state index contributed by atoms with van der Waals surface area (Å²) in [6.07, 6.45) is 8.75. The minimum absolute atomic E-state index is 0.00403. The van der Waals surface area contributed by atoms with Gasteiger partial charge in [0.15, 0.2) is 5.78 Å². The summed E-state index contributed by atoms with van der Waals surface area (Å²) in [7, 11) is -3.64. The maximum Gasteiger partial charge on any atom is 0.267 e. The molecular weight excluding hydrogens is 322 g/mol. The van der Waals surface area contributed by atoms with Crippen LogP contribution in [0.5, 0.6) is 0 Å². The van der Waals surface area contributed by atoms with Gasteiger partial charge in [-0.15, -0.1) is 0 Å². The summed E-state index contributed by atoms with van der Waals surface area (Å²) in [5, 5.41) is 0. The SMILES string of the molecule is CCCCCCCC(=O)c1ccn(S(=O)(=O)c2ccc(C)cc2)c1. The molecule has 4 nitrogen and oxygen atoms in total. The molecule has 5 heteroatoms. The maximum absolute atomic E-state index is 12.6. The third-order valence-electron chi connectivity index (χ3n) is 4.09. The van der Waals surface area contributed by atoms with Crippen LogP contribution in [-0.4, -0.2) is 18.2 Å². The van der Waals surface area contributed by atoms with Crippen LogP contribution in [0.25, 0.3) is 0 Å². The van der Waals surface area contributed by atoms with Crippen molar-refractivity contribution in [3.05, 3.63) is 53.9 Å². The fourth-order valence-electron chi connectivity index (χ4n) is 2.56. The van der Waals surface area contributed by atoms with Gasteiger partial charge in [0.2, 0.25) is 0 Å². The zero-order valence-electron chi connectivity index (χ0n) is 14.4. The Balaban J connectivity index is 2.04. The van der Waals surface area contributed by atoms with Crippen LogP contribution in [0.3, 0.4) is 0 Å². The molecule has 0 spiro atoms. The molecule has 0 atom stereocenters. The minimum atomic E-state index is -3.64. The molecule has 130 valence electrons. The fourth-order valence-corrected chi connectivity index (χ4v) is 3.75. The molecule has 1 aromatic carbocycles. The monoisotopic (exact) mass is 347 g/mol. The predicted octanol–water partition coefficient (Wildman–Crippen LogP) is 4.58. The normalized spacial score (nSPS) is 11.6. The quantitative estimate of drug-likeness (QED) is 0.493. The summed E-state index contributed by atoms with van der Waals surface area (Å²) in [5.74, 6) is 0.00403. The van der Waals surface area contributed by atoms with Gasteiger partial charge in [0.25, 0.3) is 10.0 Å². The third kappa shape index (κ3) is 4.57. The number of nitrogens with zero attached hydrogens (tertiary/aromatic N) is 1. The molecule has 0 N–H and O–H groups in total. The summed E-state index contributed by atoms with van der Waals surface area (Å²) < 4.78 is 26.3. The highest BCUT2D eigenvalue weighted by atomic mass is 32.2. The van der Waals surface area contributed by atoms with Crippen LogP contribution >= 0.6 is 0 Å². The fraction of sp³-hybridized carbons (Fsp3) is 0.421. The number of ketones is 1. The molecule has 0 aliphatic heterocycles. The molecule has 0 bridgehead atoms. The summed E-state index contributed by atoms with van der Waals surface area (Å²) in [6.45, 7) is 4.06. The molecule has 1 heterocycles. The van der Waals surface area contributed by atoms with Crippen molar-refractivity contribution in [2.75, 3.05) is 0 Å². The molecule has 0 aliphatic carbocycles. The lowest BCUT2D eigenvalue weighted by Gasteiger charge is -2.05. The van der Waals surface area contributed by atoms with Crippen molar-refractivity contribution < 1.29 is 13.2 Å². The van der Waals surface area contributed by atoms with Crippen molar-refractivity contribution in [1.82, 2.24) is 3.97 Å². The molecule has 0 saturated carbocycles. The van der Waals surface area contributed by atoms with E-state index in [1.165, 1.54) is 25.2 Å². The first-order chi connectivity index (χ1) is 11.4. The van der Waals surface area contributed by atoms with Gasteiger partial charge in [-0.05, 0) is 31.5 Å². The standard InChI is InChI=1S/C19H25NO3S/c1-3-4-5-6-7-8-19(21)17-13-14-20(15-17)24(22,23)18-11-9-16(2)10-12-18/h9-15H,3-8H2,1-2H3. The van der Waals surface area contributed by atoms with Crippen LogP contribution in [0.4, 0.5) is 0 Å². The van der Waals surface area contributed by atoms with Crippen molar-refractivity contribution in [3.63, 3.8) is 0 Å². The lowest BCUT2D eigenvalue weighted by Crippen LogP contribution is -2.11. The van der Waals surface area contributed by atoms with Gasteiger partial charge in [0.1, 0.15) is 0 Å². The van der Waals surface area contributed by atoms with E-state index in [1.54, 1.807) is 30.3 Å². The zero-order valence-corrected chi connectivity index (χ0v) is 15.2. The number of carbonyl (C=O) groups is 1. The summed E-state index contributed by atoms with van der Waals surface area (Å²) >= 11 is 0. The van der Waals surface area contributed by atoms with Crippen LogP contribution in [0.2, 0.25) is 0 Å². The third-order valence-corrected chi connectivity index (χ3v) is 5.74. The molecule has 1 aromatic heterocycles. The highest BCUT2D eigenvalue weighted by Gasteiger charge is 2.18. The van der Waals surface area contributed by atoms with E-state index in [9.17, 15) is 13.2 Å². The Morgan fingerprint density at radius 2 is 1.67 bits per heavy atom. The predicted molar refractivity (Wildman–Crippen MR) is 95.9 cm³/mol. The first-order valence-electron chi connectivity index (χ1n) is 8.48. The van der Waals surface area contributed by atoms with Gasteiger partial charge in [-0.1, -0.05) is 50.3 Å². The second-order valence-electron chi connectivity index (χ2n) is 6.14. The molecule has 0 amide bonds. The molecule has 0 saturated heterocycles. The van der Waals surface area contributed by atoms with Crippen molar-refractivity contribution >= 4 is 15.8 Å². The number of aryl methyl sites for hydroxylation is 1. The Hall–Kier alpha value is -1.88. The Bertz CT molecular complexity index is 773. The number of carbonyl (C=O) groups excluding carboxylic acids is 1. The van der Waals surface area contributed by atoms with E-state index >= 15 is 0 Å². The summed E-state index contributed by atoms with van der Waals surface area (Å²) in [6, 6.07) is 8.28. The molecule has 24 heavy (non-hydrogen) atoms. The Morgan fingerprint density at radius 3 is 2.33 bits per heavy atom. The van der Waals surface area contributed by atoms with Crippen LogP contribution in [0, 0.1) is 6.92 Å². The van der Waals surface area contributed by atoms with Gasteiger partial charge in [-0.2, -0.15) is 0 Å². The molecular formula is C19H25NO3S. The van der Waals surface area contributed by atoms with Crippen LogP contribution in [-0.2, 0) is 10.0 Å². The second kappa shape index (κ2) is 8.29. The molecule has 0 unspecified atom stereocenters. The van der Waals surface area contributed by atoms with Crippen molar-refractivity contribution in [2.24, 2.45) is 0 Å². The lowest BCUT2D eigenvalue weighted by atomic mass is 10.1. The number of Topliss-reactive ketones (excluding diaryl/α,β-unsaturated/α-hetero) is 1. The topological polar surface area (TPSA) is 56.1 Å². The number of aromatic nitrogens is 1. The zero-order chi connectivity index (χ0) is 17.6. The Labute approximate surface area is 144 Å². The van der Waals surface area contributed by atoms with Crippen LogP contribution in [0.15, 0.2) is 47.6 Å². The molecule has 0 fully saturated rings. The van der Waals surface area contributed by atoms with Crippen molar-refractivity contribution in [2.45, 2.75) is 57.3 Å². The maximum atomic E-state index is 12.6. The largest absolute Gasteiger partial charge is 0.294 e. The smallest absolute Gasteiger partial charge is 0.267 e. The number of unbranched alkanes of at least 4 members (excludes halogenated alkanes) is 4. The van der Waals surface area contributed by atoms with Gasteiger partial charge >= 0.3 is 0 Å². The molecule has 2 rings (SSSR count). The number of rotatable bonds is 9. The Kier molecular flexibility index (Phi) is 6.37. The van der Waals surface area contributed by atoms with E-state index in [-0.39, 0.29) is 10.7 Å². The van der Waals surface area contributed by atoms with Gasteiger partial charge in [-0.25, -0.2) is 12.4 Å². The van der Waals surface area contributed by atoms with E-state index in [4.69, 9.17) is 0 Å². The number of hydrogen-bond acceptors (Lipinski definition) is 3. The lowest BCUT2D eigenvalue weighted by molar-refractivity contribution is 0.0979.